The fraction of sp³-hybridized carbons (Fsp3) is 0.750. The van der Waals surface area contributed by atoms with Gasteiger partial charge in [0.1, 0.15) is 0 Å². The van der Waals surface area contributed by atoms with Gasteiger partial charge in [0.2, 0.25) is 0 Å². The van der Waals surface area contributed by atoms with Crippen LogP contribution >= 0.6 is 23.1 Å². The normalized spacial score (nSPS) is 22.0. The topological polar surface area (TPSA) is 49.3 Å². The number of aryl methyl sites for hydroxylation is 1. The van der Waals surface area contributed by atoms with Crippen LogP contribution in [0.5, 0.6) is 0 Å². The van der Waals surface area contributed by atoms with Gasteiger partial charge in [-0.15, -0.1) is 11.3 Å². The predicted octanol–water partition coefficient (Wildman–Crippen LogP) is 3.09. The lowest BCUT2D eigenvalue weighted by Crippen LogP contribution is -2.42. The van der Waals surface area contributed by atoms with Gasteiger partial charge in [0.25, 0.3) is 0 Å². The number of hydrogen-bond donors (Lipinski definition) is 2. The van der Waals surface area contributed by atoms with Gasteiger partial charge in [-0.2, -0.15) is 11.8 Å². The van der Waals surface area contributed by atoms with Crippen molar-refractivity contribution in [1.29, 1.82) is 0 Å². The number of thiazole rings is 1. The van der Waals surface area contributed by atoms with Crippen molar-refractivity contribution in [1.82, 2.24) is 15.6 Å². The molecule has 2 atom stereocenters. The summed E-state index contributed by atoms with van der Waals surface area (Å²) < 4.78 is 0. The number of nitrogens with one attached hydrogen (secondary N) is 2. The largest absolute Gasteiger partial charge is 0.357 e. The number of aliphatic imine (C=N–C) groups is 1. The molecule has 0 amide bonds. The van der Waals surface area contributed by atoms with Gasteiger partial charge in [-0.25, -0.2) is 4.98 Å². The van der Waals surface area contributed by atoms with E-state index < -0.39 is 0 Å². The van der Waals surface area contributed by atoms with Gasteiger partial charge < -0.3 is 10.6 Å². The van der Waals surface area contributed by atoms with Crippen LogP contribution in [-0.4, -0.2) is 41.6 Å². The summed E-state index contributed by atoms with van der Waals surface area (Å²) in [5, 5.41) is 8.96. The molecule has 1 aliphatic rings. The molecule has 2 rings (SSSR count). The van der Waals surface area contributed by atoms with Crippen molar-refractivity contribution in [2.24, 2.45) is 4.99 Å². The van der Waals surface area contributed by atoms with Gasteiger partial charge in [-0.1, -0.05) is 6.92 Å². The number of hydrogen-bond acceptors (Lipinski definition) is 4. The molecular weight excluding hydrogens is 312 g/mol. The first-order chi connectivity index (χ1) is 10.7. The molecule has 2 N–H and O–H groups in total. The summed E-state index contributed by atoms with van der Waals surface area (Å²) in [6.45, 7) is 5.99. The summed E-state index contributed by atoms with van der Waals surface area (Å²) in [5.41, 5.74) is 0. The van der Waals surface area contributed by atoms with E-state index in [1.54, 1.807) is 0 Å². The van der Waals surface area contributed by atoms with E-state index in [0.717, 1.165) is 37.1 Å². The van der Waals surface area contributed by atoms with E-state index in [1.807, 2.05) is 29.3 Å². The first-order valence-electron chi connectivity index (χ1n) is 8.26. The Bertz CT molecular complexity index is 472. The maximum atomic E-state index is 4.71. The number of thioether (sulfide) groups is 1. The van der Waals surface area contributed by atoms with Crippen LogP contribution < -0.4 is 10.6 Å². The first kappa shape index (κ1) is 17.6. The van der Waals surface area contributed by atoms with Crippen molar-refractivity contribution in [2.45, 2.75) is 57.2 Å². The standard InChI is InChI=1S/C16H28N4S2/c1-4-13-11-19-15(22-13)8-9-18-16(17-5-2)20-12-6-7-14(10-12)21-3/h11-12,14H,4-10H2,1-3H3,(H2,17,18,20). The van der Waals surface area contributed by atoms with E-state index in [4.69, 9.17) is 4.99 Å². The highest BCUT2D eigenvalue weighted by Crippen LogP contribution is 2.28. The zero-order valence-corrected chi connectivity index (χ0v) is 15.5. The molecule has 1 saturated carbocycles. The van der Waals surface area contributed by atoms with Crippen molar-refractivity contribution >= 4 is 29.1 Å². The SMILES string of the molecule is CCNC(=NCCc1ncc(CC)s1)NC1CCC(SC)C1. The van der Waals surface area contributed by atoms with Gasteiger partial charge in [0.15, 0.2) is 5.96 Å². The second-order valence-electron chi connectivity index (χ2n) is 5.60. The molecular formula is C16H28N4S2. The van der Waals surface area contributed by atoms with E-state index >= 15 is 0 Å². The summed E-state index contributed by atoms with van der Waals surface area (Å²) in [5.74, 6) is 0.960. The van der Waals surface area contributed by atoms with Crippen LogP contribution in [-0.2, 0) is 12.8 Å². The lowest BCUT2D eigenvalue weighted by atomic mass is 10.2. The Labute approximate surface area is 142 Å². The molecule has 6 heteroatoms. The van der Waals surface area contributed by atoms with Crippen LogP contribution in [0.1, 0.15) is 43.0 Å². The smallest absolute Gasteiger partial charge is 0.191 e. The van der Waals surface area contributed by atoms with Gasteiger partial charge in [-0.05, 0) is 38.9 Å². The third-order valence-corrected chi connectivity index (χ3v) is 6.24. The van der Waals surface area contributed by atoms with Gasteiger partial charge in [0.05, 0.1) is 5.01 Å². The van der Waals surface area contributed by atoms with Crippen LogP contribution in [0.2, 0.25) is 0 Å². The van der Waals surface area contributed by atoms with Crippen LogP contribution in [0.3, 0.4) is 0 Å². The number of aromatic nitrogens is 1. The van der Waals surface area contributed by atoms with E-state index in [0.29, 0.717) is 6.04 Å². The molecule has 0 aliphatic heterocycles. The molecule has 22 heavy (non-hydrogen) atoms. The molecule has 1 aliphatic carbocycles. The Morgan fingerprint density at radius 3 is 2.95 bits per heavy atom. The molecule has 0 aromatic carbocycles. The average Bonchev–Trinajstić information content (AvgIpc) is 3.16. The Hall–Kier alpha value is -0.750. The fourth-order valence-corrected chi connectivity index (χ4v) is 4.34. The Kier molecular flexibility index (Phi) is 7.52. The zero-order chi connectivity index (χ0) is 15.8. The summed E-state index contributed by atoms with van der Waals surface area (Å²) in [6.07, 6.45) is 10.0. The Balaban J connectivity index is 1.81. The lowest BCUT2D eigenvalue weighted by molar-refractivity contribution is 0.615. The maximum Gasteiger partial charge on any atom is 0.191 e. The number of guanidine groups is 1. The second kappa shape index (κ2) is 9.40. The molecule has 0 saturated heterocycles. The van der Waals surface area contributed by atoms with Crippen molar-refractivity contribution in [3.05, 3.63) is 16.1 Å². The minimum Gasteiger partial charge on any atom is -0.357 e. The molecule has 1 aromatic rings. The lowest BCUT2D eigenvalue weighted by Gasteiger charge is -2.17. The van der Waals surface area contributed by atoms with E-state index in [9.17, 15) is 0 Å². The molecule has 1 fully saturated rings. The van der Waals surface area contributed by atoms with Crippen LogP contribution in [0, 0.1) is 0 Å². The highest BCUT2D eigenvalue weighted by atomic mass is 32.2. The molecule has 4 nitrogen and oxygen atoms in total. The minimum absolute atomic E-state index is 0.571. The first-order valence-corrected chi connectivity index (χ1v) is 10.4. The van der Waals surface area contributed by atoms with Crippen LogP contribution in [0.25, 0.3) is 0 Å². The van der Waals surface area contributed by atoms with E-state index in [1.165, 1.54) is 29.1 Å². The van der Waals surface area contributed by atoms with E-state index in [2.05, 4.69) is 35.7 Å². The molecule has 0 bridgehead atoms. The third-order valence-electron chi connectivity index (χ3n) is 3.95. The van der Waals surface area contributed by atoms with Gasteiger partial charge in [0, 0.05) is 41.9 Å². The molecule has 0 spiro atoms. The zero-order valence-electron chi connectivity index (χ0n) is 13.9. The Morgan fingerprint density at radius 2 is 2.32 bits per heavy atom. The maximum absolute atomic E-state index is 4.71. The predicted molar refractivity (Wildman–Crippen MR) is 99.3 cm³/mol. The van der Waals surface area contributed by atoms with Crippen LogP contribution in [0.4, 0.5) is 0 Å². The van der Waals surface area contributed by atoms with Crippen LogP contribution in [0.15, 0.2) is 11.2 Å². The molecule has 0 radical (unpaired) electrons. The molecule has 2 unspecified atom stereocenters. The quantitative estimate of drug-likeness (QED) is 0.591. The van der Waals surface area contributed by atoms with Crippen molar-refractivity contribution in [3.63, 3.8) is 0 Å². The number of rotatable bonds is 7. The van der Waals surface area contributed by atoms with Crippen molar-refractivity contribution in [3.8, 4) is 0 Å². The van der Waals surface area contributed by atoms with E-state index in [-0.39, 0.29) is 0 Å². The average molecular weight is 341 g/mol. The molecule has 1 aromatic heterocycles. The molecule has 1 heterocycles. The third kappa shape index (κ3) is 5.47. The van der Waals surface area contributed by atoms with Crippen molar-refractivity contribution < 1.29 is 0 Å². The fourth-order valence-electron chi connectivity index (χ4n) is 2.69. The Morgan fingerprint density at radius 1 is 1.45 bits per heavy atom. The number of nitrogens with zero attached hydrogens (tertiary/aromatic N) is 2. The van der Waals surface area contributed by atoms with Crippen molar-refractivity contribution in [2.75, 3.05) is 19.3 Å². The van der Waals surface area contributed by atoms with Gasteiger partial charge >= 0.3 is 0 Å². The summed E-state index contributed by atoms with van der Waals surface area (Å²) in [6, 6.07) is 0.571. The summed E-state index contributed by atoms with van der Waals surface area (Å²) in [7, 11) is 0. The highest BCUT2D eigenvalue weighted by Gasteiger charge is 2.24. The monoisotopic (exact) mass is 340 g/mol. The highest BCUT2D eigenvalue weighted by molar-refractivity contribution is 7.99. The van der Waals surface area contributed by atoms with Gasteiger partial charge in [-0.3, -0.25) is 4.99 Å². The minimum atomic E-state index is 0.571. The second-order valence-corrected chi connectivity index (χ2v) is 7.93. The summed E-state index contributed by atoms with van der Waals surface area (Å²) in [4.78, 5) is 10.5. The summed E-state index contributed by atoms with van der Waals surface area (Å²) >= 11 is 3.80. The molecule has 124 valence electrons.